The summed E-state index contributed by atoms with van der Waals surface area (Å²) < 4.78 is 18.5. The van der Waals surface area contributed by atoms with Crippen LogP contribution in [0.4, 0.5) is 5.69 Å². The van der Waals surface area contributed by atoms with E-state index in [1.165, 1.54) is 22.8 Å². The van der Waals surface area contributed by atoms with Crippen LogP contribution >= 0.6 is 11.3 Å². The third-order valence-corrected chi connectivity index (χ3v) is 7.66. The number of ether oxygens (including phenoxy) is 3. The van der Waals surface area contributed by atoms with Crippen molar-refractivity contribution in [2.45, 2.75) is 47.6 Å². The SMILES string of the molecule is CCOC(=O)C1=C(C)N=c2sc(=Cc3ccc(N(CC)CC)cc3)c(=O)n2C1c1ccc(OC(C)=O)c(OCC)c1. The molecule has 0 radical (unpaired) electrons. The Kier molecular flexibility index (Phi) is 9.44. The number of nitrogens with zero attached hydrogens (tertiary/aromatic N) is 3. The number of benzene rings is 2. The first-order valence-corrected chi connectivity index (χ1v) is 14.5. The summed E-state index contributed by atoms with van der Waals surface area (Å²) in [4.78, 5) is 46.1. The van der Waals surface area contributed by atoms with E-state index in [9.17, 15) is 14.4 Å². The number of rotatable bonds is 10. The Balaban J connectivity index is 1.88. The standard InChI is InChI=1S/C31H35N3O6S/c1-7-33(8-2)23-14-11-21(12-15-23)17-26-29(36)34-28(27(30(37)39-10-4)19(5)32-31(34)41-26)22-13-16-24(40-20(6)35)25(18-22)38-9-3/h11-18,28H,7-10H2,1-6H3. The zero-order valence-electron chi connectivity index (χ0n) is 24.2. The van der Waals surface area contributed by atoms with Gasteiger partial charge in [-0.25, -0.2) is 9.79 Å². The van der Waals surface area contributed by atoms with Crippen LogP contribution in [-0.2, 0) is 14.3 Å². The third kappa shape index (κ3) is 6.27. The normalized spacial score (nSPS) is 14.8. The molecule has 2 aromatic carbocycles. The molecule has 0 saturated carbocycles. The maximum atomic E-state index is 13.9. The molecular weight excluding hydrogens is 542 g/mol. The van der Waals surface area contributed by atoms with Gasteiger partial charge in [-0.15, -0.1) is 0 Å². The molecular formula is C31H35N3O6S. The van der Waals surface area contributed by atoms with E-state index >= 15 is 0 Å². The van der Waals surface area contributed by atoms with Gasteiger partial charge in [-0.2, -0.15) is 0 Å². The number of fused-ring (bicyclic) bond motifs is 1. The molecule has 0 spiro atoms. The average Bonchev–Trinajstić information content (AvgIpc) is 3.24. The number of hydrogen-bond acceptors (Lipinski definition) is 9. The Morgan fingerprint density at radius 2 is 1.73 bits per heavy atom. The molecule has 3 aromatic rings. The Morgan fingerprint density at radius 3 is 2.34 bits per heavy atom. The summed E-state index contributed by atoms with van der Waals surface area (Å²) in [5.41, 5.74) is 3.05. The lowest BCUT2D eigenvalue weighted by Crippen LogP contribution is -2.40. The fourth-order valence-corrected chi connectivity index (χ4v) is 5.88. The van der Waals surface area contributed by atoms with Crippen LogP contribution in [0.2, 0.25) is 0 Å². The fraction of sp³-hybridized carbons (Fsp3) is 0.355. The van der Waals surface area contributed by atoms with Gasteiger partial charge in [0, 0.05) is 25.7 Å². The Labute approximate surface area is 243 Å². The molecule has 0 bridgehead atoms. The number of carbonyl (C=O) groups excluding carboxylic acids is 2. The summed E-state index contributed by atoms with van der Waals surface area (Å²) in [6, 6.07) is 12.3. The van der Waals surface area contributed by atoms with Crippen LogP contribution in [0.1, 0.15) is 58.7 Å². The number of anilines is 1. The van der Waals surface area contributed by atoms with Crippen LogP contribution in [-0.4, -0.2) is 42.8 Å². The van der Waals surface area contributed by atoms with Crippen molar-refractivity contribution in [2.75, 3.05) is 31.2 Å². The van der Waals surface area contributed by atoms with E-state index in [0.29, 0.717) is 33.0 Å². The van der Waals surface area contributed by atoms with Crippen molar-refractivity contribution >= 4 is 35.0 Å². The summed E-state index contributed by atoms with van der Waals surface area (Å²) in [7, 11) is 0. The molecule has 10 heteroatoms. The topological polar surface area (TPSA) is 99.4 Å². The predicted octanol–water partition coefficient (Wildman–Crippen LogP) is 3.97. The molecule has 0 aliphatic carbocycles. The molecule has 0 saturated heterocycles. The van der Waals surface area contributed by atoms with E-state index in [0.717, 1.165) is 24.3 Å². The van der Waals surface area contributed by atoms with Crippen molar-refractivity contribution in [1.29, 1.82) is 0 Å². The molecule has 216 valence electrons. The van der Waals surface area contributed by atoms with E-state index in [2.05, 4.69) is 23.7 Å². The van der Waals surface area contributed by atoms with Gasteiger partial charge in [-0.05, 0) is 76.1 Å². The van der Waals surface area contributed by atoms with E-state index in [4.69, 9.17) is 14.2 Å². The average molecular weight is 578 g/mol. The highest BCUT2D eigenvalue weighted by atomic mass is 32.1. The molecule has 0 fully saturated rings. The number of hydrogen-bond donors (Lipinski definition) is 0. The highest BCUT2D eigenvalue weighted by Gasteiger charge is 2.34. The maximum absolute atomic E-state index is 13.9. The van der Waals surface area contributed by atoms with Gasteiger partial charge in [0.15, 0.2) is 16.3 Å². The minimum Gasteiger partial charge on any atom is -0.490 e. The first-order chi connectivity index (χ1) is 19.7. The summed E-state index contributed by atoms with van der Waals surface area (Å²) in [6.07, 6.45) is 1.84. The van der Waals surface area contributed by atoms with Crippen LogP contribution in [0.15, 0.2) is 63.5 Å². The zero-order valence-corrected chi connectivity index (χ0v) is 25.0. The van der Waals surface area contributed by atoms with Crippen LogP contribution in [0, 0.1) is 0 Å². The van der Waals surface area contributed by atoms with Gasteiger partial charge in [0.25, 0.3) is 5.56 Å². The van der Waals surface area contributed by atoms with Crippen molar-refractivity contribution in [2.24, 2.45) is 4.99 Å². The Bertz CT molecular complexity index is 1650. The molecule has 1 unspecified atom stereocenters. The van der Waals surface area contributed by atoms with Crippen LogP contribution in [0.3, 0.4) is 0 Å². The van der Waals surface area contributed by atoms with Gasteiger partial charge in [-0.3, -0.25) is 14.2 Å². The molecule has 41 heavy (non-hydrogen) atoms. The maximum Gasteiger partial charge on any atom is 0.338 e. The summed E-state index contributed by atoms with van der Waals surface area (Å²) >= 11 is 1.26. The minimum atomic E-state index is -0.817. The van der Waals surface area contributed by atoms with E-state index in [1.54, 1.807) is 32.0 Å². The van der Waals surface area contributed by atoms with Crippen molar-refractivity contribution in [3.8, 4) is 11.5 Å². The van der Waals surface area contributed by atoms with Gasteiger partial charge < -0.3 is 19.1 Å². The molecule has 1 aliphatic rings. The zero-order chi connectivity index (χ0) is 29.7. The summed E-state index contributed by atoms with van der Waals surface area (Å²) in [5, 5.41) is 0. The Hall–Kier alpha value is -4.18. The molecule has 0 N–H and O–H groups in total. The van der Waals surface area contributed by atoms with Crippen LogP contribution in [0.25, 0.3) is 6.08 Å². The second-order valence-corrected chi connectivity index (χ2v) is 10.3. The smallest absolute Gasteiger partial charge is 0.338 e. The minimum absolute atomic E-state index is 0.172. The second-order valence-electron chi connectivity index (χ2n) is 9.30. The van der Waals surface area contributed by atoms with E-state index < -0.39 is 18.0 Å². The lowest BCUT2D eigenvalue weighted by molar-refractivity contribution is -0.139. The van der Waals surface area contributed by atoms with Gasteiger partial charge in [0.2, 0.25) is 0 Å². The number of esters is 2. The first-order valence-electron chi connectivity index (χ1n) is 13.7. The van der Waals surface area contributed by atoms with Gasteiger partial charge in [0.1, 0.15) is 0 Å². The van der Waals surface area contributed by atoms with Crippen molar-refractivity contribution in [3.63, 3.8) is 0 Å². The summed E-state index contributed by atoms with van der Waals surface area (Å²) in [6.45, 7) is 13.1. The number of thiazole rings is 1. The van der Waals surface area contributed by atoms with Crippen molar-refractivity contribution in [3.05, 3.63) is 84.5 Å². The lowest BCUT2D eigenvalue weighted by atomic mass is 9.95. The molecule has 1 aliphatic heterocycles. The fourth-order valence-electron chi connectivity index (χ4n) is 4.83. The van der Waals surface area contributed by atoms with Crippen molar-refractivity contribution in [1.82, 2.24) is 4.57 Å². The van der Waals surface area contributed by atoms with Gasteiger partial charge in [0.05, 0.1) is 35.1 Å². The first kappa shape index (κ1) is 29.8. The van der Waals surface area contributed by atoms with Gasteiger partial charge >= 0.3 is 11.9 Å². The predicted molar refractivity (Wildman–Crippen MR) is 159 cm³/mol. The molecule has 9 nitrogen and oxygen atoms in total. The van der Waals surface area contributed by atoms with Crippen LogP contribution < -0.4 is 29.3 Å². The highest BCUT2D eigenvalue weighted by Crippen LogP contribution is 2.36. The number of allylic oxidation sites excluding steroid dienone is 1. The van der Waals surface area contributed by atoms with Crippen LogP contribution in [0.5, 0.6) is 11.5 Å². The number of carbonyl (C=O) groups is 2. The monoisotopic (exact) mass is 577 g/mol. The molecule has 1 aromatic heterocycles. The van der Waals surface area contributed by atoms with Crippen molar-refractivity contribution < 1.29 is 23.8 Å². The highest BCUT2D eigenvalue weighted by molar-refractivity contribution is 7.07. The van der Waals surface area contributed by atoms with E-state index in [1.807, 2.05) is 37.3 Å². The Morgan fingerprint density at radius 1 is 1.02 bits per heavy atom. The molecule has 2 heterocycles. The van der Waals surface area contributed by atoms with Gasteiger partial charge in [-0.1, -0.05) is 29.5 Å². The summed E-state index contributed by atoms with van der Waals surface area (Å²) in [5.74, 6) is -0.461. The second kappa shape index (κ2) is 13.0. The largest absolute Gasteiger partial charge is 0.490 e. The number of aromatic nitrogens is 1. The molecule has 0 amide bonds. The van der Waals surface area contributed by atoms with E-state index in [-0.39, 0.29) is 23.5 Å². The lowest BCUT2D eigenvalue weighted by Gasteiger charge is -2.25. The third-order valence-electron chi connectivity index (χ3n) is 6.67. The molecule has 1 atom stereocenters. The quantitative estimate of drug-likeness (QED) is 0.266. The molecule has 4 rings (SSSR count).